The molecule has 2 aromatic carbocycles. The normalized spacial score (nSPS) is 11.5. The molecule has 0 radical (unpaired) electrons. The average Bonchev–Trinajstić information content (AvgIpc) is 3.11. The quantitative estimate of drug-likeness (QED) is 0.475. The van der Waals surface area contributed by atoms with E-state index in [1.807, 2.05) is 12.1 Å². The number of thiazole rings is 1. The van der Waals surface area contributed by atoms with E-state index in [0.717, 1.165) is 23.2 Å². The molecule has 1 amide bonds. The van der Waals surface area contributed by atoms with Crippen LogP contribution in [0.5, 0.6) is 0 Å². The topological polar surface area (TPSA) is 98.1 Å². The van der Waals surface area contributed by atoms with Crippen molar-refractivity contribution in [1.82, 2.24) is 9.55 Å². The lowest BCUT2D eigenvalue weighted by Gasteiger charge is -2.09. The van der Waals surface area contributed by atoms with Crippen LogP contribution in [-0.2, 0) is 16.4 Å². The predicted octanol–water partition coefficient (Wildman–Crippen LogP) is 3.82. The predicted molar refractivity (Wildman–Crippen MR) is 122 cm³/mol. The molecule has 0 aliphatic heterocycles. The Hall–Kier alpha value is -3.01. The monoisotopic (exact) mass is 473 g/mol. The second-order valence-corrected chi connectivity index (χ2v) is 10.3. The summed E-state index contributed by atoms with van der Waals surface area (Å²) in [7, 11) is -3.35. The minimum absolute atomic E-state index is 0.0364. The molecule has 0 saturated carbocycles. The second-order valence-electron chi connectivity index (χ2n) is 6.82. The zero-order valence-corrected chi connectivity index (χ0v) is 18.6. The van der Waals surface area contributed by atoms with Crippen LogP contribution in [-0.4, -0.2) is 30.1 Å². The fraction of sp³-hybridized carbons (Fsp3) is 0.0952. The highest BCUT2D eigenvalue weighted by Crippen LogP contribution is 2.28. The van der Waals surface area contributed by atoms with Gasteiger partial charge in [-0.05, 0) is 42.0 Å². The Morgan fingerprint density at radius 3 is 2.68 bits per heavy atom. The van der Waals surface area contributed by atoms with E-state index >= 15 is 0 Å². The largest absolute Gasteiger partial charge is 0.310 e. The van der Waals surface area contributed by atoms with E-state index in [0.29, 0.717) is 15.2 Å². The van der Waals surface area contributed by atoms with E-state index in [1.165, 1.54) is 22.8 Å². The maximum atomic E-state index is 12.8. The standard InChI is InChI=1S/C21H16ClN3O4S2/c1-31(28,29)14-8-9-17-18(11-14)30-21(23-17)24-19(26)15-6-4-10-25(20(15)27)12-13-5-2-3-7-16(13)22/h2-11H,12H2,1H3,(H,23,24,26). The van der Waals surface area contributed by atoms with Crippen molar-refractivity contribution in [2.45, 2.75) is 11.4 Å². The first-order valence-electron chi connectivity index (χ1n) is 9.07. The van der Waals surface area contributed by atoms with Crippen LogP contribution in [0.15, 0.2) is 70.5 Å². The van der Waals surface area contributed by atoms with Crippen molar-refractivity contribution in [3.63, 3.8) is 0 Å². The first kappa shape index (κ1) is 21.2. The number of hydrogen-bond acceptors (Lipinski definition) is 6. The SMILES string of the molecule is CS(=O)(=O)c1ccc2nc(NC(=O)c3cccn(Cc4ccccc4Cl)c3=O)sc2c1. The summed E-state index contributed by atoms with van der Waals surface area (Å²) in [4.78, 5) is 30.0. The van der Waals surface area contributed by atoms with Gasteiger partial charge in [-0.25, -0.2) is 13.4 Å². The van der Waals surface area contributed by atoms with Gasteiger partial charge in [0.1, 0.15) is 5.56 Å². The first-order chi connectivity index (χ1) is 14.7. The highest BCUT2D eigenvalue weighted by Gasteiger charge is 2.16. The number of pyridine rings is 1. The molecule has 0 saturated heterocycles. The van der Waals surface area contributed by atoms with Crippen LogP contribution in [0.4, 0.5) is 5.13 Å². The summed E-state index contributed by atoms with van der Waals surface area (Å²) in [6.07, 6.45) is 2.72. The Morgan fingerprint density at radius 1 is 1.16 bits per heavy atom. The van der Waals surface area contributed by atoms with Crippen LogP contribution >= 0.6 is 22.9 Å². The molecule has 0 unspecified atom stereocenters. The van der Waals surface area contributed by atoms with Gasteiger partial charge >= 0.3 is 0 Å². The number of sulfone groups is 1. The average molecular weight is 474 g/mol. The van der Waals surface area contributed by atoms with Crippen molar-refractivity contribution in [2.24, 2.45) is 0 Å². The molecule has 7 nitrogen and oxygen atoms in total. The van der Waals surface area contributed by atoms with Crippen LogP contribution in [0.3, 0.4) is 0 Å². The molecule has 2 heterocycles. The van der Waals surface area contributed by atoms with Gasteiger partial charge in [-0.1, -0.05) is 41.1 Å². The van der Waals surface area contributed by atoms with Gasteiger partial charge in [0.15, 0.2) is 15.0 Å². The molecule has 0 bridgehead atoms. The molecule has 0 aliphatic carbocycles. The van der Waals surface area contributed by atoms with Crippen molar-refractivity contribution in [3.8, 4) is 0 Å². The molecule has 0 fully saturated rings. The van der Waals surface area contributed by atoms with Crippen LogP contribution in [0.25, 0.3) is 10.2 Å². The number of nitrogens with one attached hydrogen (secondary N) is 1. The fourth-order valence-electron chi connectivity index (χ4n) is 3.00. The molecule has 4 rings (SSSR count). The Morgan fingerprint density at radius 2 is 1.94 bits per heavy atom. The van der Waals surface area contributed by atoms with Crippen LogP contribution in [0.1, 0.15) is 15.9 Å². The van der Waals surface area contributed by atoms with E-state index in [9.17, 15) is 18.0 Å². The third-order valence-electron chi connectivity index (χ3n) is 4.57. The summed E-state index contributed by atoms with van der Waals surface area (Å²) in [6.45, 7) is 0.231. The number of fused-ring (bicyclic) bond motifs is 1. The maximum Gasteiger partial charge on any atom is 0.263 e. The number of aromatic nitrogens is 2. The Balaban J connectivity index is 1.60. The number of halogens is 1. The molecule has 1 N–H and O–H groups in total. The number of carbonyl (C=O) groups excluding carboxylic acids is 1. The number of hydrogen-bond donors (Lipinski definition) is 1. The third-order valence-corrected chi connectivity index (χ3v) is 6.98. The van der Waals surface area contributed by atoms with Gasteiger partial charge in [0, 0.05) is 17.5 Å². The van der Waals surface area contributed by atoms with E-state index in [-0.39, 0.29) is 22.1 Å². The number of nitrogens with zero attached hydrogens (tertiary/aromatic N) is 2. The lowest BCUT2D eigenvalue weighted by atomic mass is 10.2. The fourth-order valence-corrected chi connectivity index (χ4v) is 4.82. The van der Waals surface area contributed by atoms with Crippen molar-refractivity contribution >= 4 is 54.0 Å². The number of carbonyl (C=O) groups is 1. The molecular formula is C21H16ClN3O4S2. The number of anilines is 1. The van der Waals surface area contributed by atoms with Crippen molar-refractivity contribution in [2.75, 3.05) is 11.6 Å². The summed E-state index contributed by atoms with van der Waals surface area (Å²) < 4.78 is 25.5. The Labute approximate surface area is 186 Å². The zero-order chi connectivity index (χ0) is 22.2. The maximum absolute atomic E-state index is 12.8. The Bertz CT molecular complexity index is 1480. The molecule has 0 aliphatic rings. The van der Waals surface area contributed by atoms with E-state index in [2.05, 4.69) is 10.3 Å². The smallest absolute Gasteiger partial charge is 0.263 e. The molecule has 2 aromatic heterocycles. The lowest BCUT2D eigenvalue weighted by molar-refractivity contribution is 0.102. The minimum Gasteiger partial charge on any atom is -0.310 e. The summed E-state index contributed by atoms with van der Waals surface area (Å²) in [5, 5.41) is 3.43. The molecule has 10 heteroatoms. The van der Waals surface area contributed by atoms with Crippen molar-refractivity contribution in [3.05, 3.63) is 87.3 Å². The molecule has 158 valence electrons. The third kappa shape index (κ3) is 4.53. The van der Waals surface area contributed by atoms with Gasteiger partial charge < -0.3 is 4.57 Å². The van der Waals surface area contributed by atoms with Gasteiger partial charge in [0.2, 0.25) is 0 Å². The number of amides is 1. The molecule has 0 atom stereocenters. The van der Waals surface area contributed by atoms with Crippen LogP contribution in [0.2, 0.25) is 5.02 Å². The van der Waals surface area contributed by atoms with Crippen molar-refractivity contribution < 1.29 is 13.2 Å². The molecule has 0 spiro atoms. The zero-order valence-electron chi connectivity index (χ0n) is 16.2. The van der Waals surface area contributed by atoms with Gasteiger partial charge in [-0.3, -0.25) is 14.9 Å². The van der Waals surface area contributed by atoms with Gasteiger partial charge in [0.25, 0.3) is 11.5 Å². The minimum atomic E-state index is -3.35. The van der Waals surface area contributed by atoms with Crippen LogP contribution in [0, 0.1) is 0 Å². The van der Waals surface area contributed by atoms with E-state index in [4.69, 9.17) is 11.6 Å². The lowest BCUT2D eigenvalue weighted by Crippen LogP contribution is -2.29. The summed E-state index contributed by atoms with van der Waals surface area (Å²) in [6, 6.07) is 14.8. The second kappa shape index (κ2) is 8.26. The molecule has 31 heavy (non-hydrogen) atoms. The van der Waals surface area contributed by atoms with Crippen LogP contribution < -0.4 is 10.9 Å². The van der Waals surface area contributed by atoms with Gasteiger partial charge in [-0.2, -0.15) is 0 Å². The Kier molecular flexibility index (Phi) is 5.65. The first-order valence-corrected chi connectivity index (χ1v) is 12.2. The highest BCUT2D eigenvalue weighted by molar-refractivity contribution is 7.90. The van der Waals surface area contributed by atoms with Crippen molar-refractivity contribution in [1.29, 1.82) is 0 Å². The highest BCUT2D eigenvalue weighted by atomic mass is 35.5. The van der Waals surface area contributed by atoms with E-state index in [1.54, 1.807) is 30.5 Å². The number of rotatable bonds is 5. The molecular weight excluding hydrogens is 458 g/mol. The number of benzene rings is 2. The molecule has 4 aromatic rings. The summed E-state index contributed by atoms with van der Waals surface area (Å²) in [5.74, 6) is -0.596. The summed E-state index contributed by atoms with van der Waals surface area (Å²) in [5.41, 5.74) is 0.819. The van der Waals surface area contributed by atoms with Gasteiger partial charge in [0.05, 0.1) is 21.7 Å². The summed E-state index contributed by atoms with van der Waals surface area (Å²) >= 11 is 7.31. The van der Waals surface area contributed by atoms with E-state index < -0.39 is 21.3 Å². The van der Waals surface area contributed by atoms with Gasteiger partial charge in [-0.15, -0.1) is 0 Å².